The molecule has 112 heavy (non-hydrogen) atoms. The first-order valence-electron chi connectivity index (χ1n) is 37.1. The summed E-state index contributed by atoms with van der Waals surface area (Å²) in [6.07, 6.45) is -0.905. The number of primary amides is 1. The fourth-order valence-corrected chi connectivity index (χ4v) is 14.0. The van der Waals surface area contributed by atoms with Gasteiger partial charge in [-0.3, -0.25) is 48.1 Å². The molecule has 2 aromatic heterocycles. The number of pyridine rings is 2. The minimum atomic E-state index is -2.09. The van der Waals surface area contributed by atoms with Crippen LogP contribution in [-0.4, -0.2) is 251 Å². The van der Waals surface area contributed by atoms with E-state index in [0.29, 0.717) is 135 Å². The number of fused-ring (bicyclic) bond motifs is 5. The fraction of sp³-hybridized carbons (Fsp3) is 0.581. The van der Waals surface area contributed by atoms with E-state index in [1.165, 1.54) is 22.8 Å². The molecule has 8 rings (SSSR count). The molecular formula is C74H101FN12O24S. The van der Waals surface area contributed by atoms with Crippen LogP contribution in [-0.2, 0) is 122 Å². The number of urea groups is 1. The second-order valence-corrected chi connectivity index (χ2v) is 28.3. The van der Waals surface area contributed by atoms with Crippen LogP contribution in [0.25, 0.3) is 22.3 Å². The Labute approximate surface area is 649 Å². The largest absolute Gasteiger partial charge is 0.480 e. The number of alkyl carbamates (subject to hydrolysis) is 1. The number of hydrogen-bond acceptors (Lipinski definition) is 26. The van der Waals surface area contributed by atoms with Crippen LogP contribution in [0.3, 0.4) is 0 Å². The number of aliphatic carboxylic acids is 1. The van der Waals surface area contributed by atoms with Gasteiger partial charge in [-0.2, -0.15) is 0 Å². The molecule has 5 heterocycles. The van der Waals surface area contributed by atoms with E-state index in [2.05, 4.69) is 37.2 Å². The molecule has 38 heteroatoms. The van der Waals surface area contributed by atoms with E-state index in [4.69, 9.17) is 63.8 Å². The zero-order valence-corrected chi connectivity index (χ0v) is 64.2. The Morgan fingerprint density at radius 3 is 1.97 bits per heavy atom. The normalized spacial score (nSPS) is 17.2. The molecule has 1 aliphatic carbocycles. The Kier molecular flexibility index (Phi) is 34.4. The van der Waals surface area contributed by atoms with Crippen LogP contribution in [0.4, 0.5) is 19.7 Å². The van der Waals surface area contributed by atoms with E-state index in [-0.39, 0.29) is 126 Å². The van der Waals surface area contributed by atoms with Crippen molar-refractivity contribution in [3.63, 3.8) is 0 Å². The van der Waals surface area contributed by atoms with Crippen LogP contribution in [0.2, 0.25) is 0 Å². The van der Waals surface area contributed by atoms with Gasteiger partial charge in [0, 0.05) is 67.1 Å². The predicted molar refractivity (Wildman–Crippen MR) is 399 cm³/mol. The van der Waals surface area contributed by atoms with Gasteiger partial charge < -0.3 is 111 Å². The quantitative estimate of drug-likeness (QED) is 0.0146. The van der Waals surface area contributed by atoms with E-state index in [1.807, 2.05) is 0 Å². The molecule has 614 valence electrons. The number of imide groups is 1. The van der Waals surface area contributed by atoms with Crippen molar-refractivity contribution < 1.29 is 115 Å². The van der Waals surface area contributed by atoms with Crippen molar-refractivity contribution >= 4 is 93.8 Å². The first-order valence-corrected chi connectivity index (χ1v) is 38.1. The highest BCUT2D eigenvalue weighted by Gasteiger charge is 2.47. The zero-order chi connectivity index (χ0) is 81.0. The predicted octanol–water partition coefficient (Wildman–Crippen LogP) is 0.870. The van der Waals surface area contributed by atoms with Gasteiger partial charge in [0.25, 0.3) is 5.56 Å². The lowest BCUT2D eigenvalue weighted by molar-refractivity contribution is -0.172. The number of carboxylic acids is 1. The number of methoxy groups -OCH3 is 1. The molecule has 0 spiro atoms. The maximum atomic E-state index is 15.6. The summed E-state index contributed by atoms with van der Waals surface area (Å²) in [7, 11) is 1.61. The number of carbonyl (C=O) groups excluding carboxylic acids is 10. The highest BCUT2D eigenvalue weighted by atomic mass is 32.2. The van der Waals surface area contributed by atoms with Crippen LogP contribution in [0.15, 0.2) is 41.2 Å². The van der Waals surface area contributed by atoms with Gasteiger partial charge in [-0.1, -0.05) is 32.9 Å². The number of carbonyl (C=O) groups is 11. The summed E-state index contributed by atoms with van der Waals surface area (Å²) in [6, 6.07) is 1.94. The smallest absolute Gasteiger partial charge is 0.407 e. The van der Waals surface area contributed by atoms with Crippen molar-refractivity contribution in [2.75, 3.05) is 137 Å². The first kappa shape index (κ1) is 88.2. The van der Waals surface area contributed by atoms with Gasteiger partial charge in [0.15, 0.2) is 5.60 Å². The van der Waals surface area contributed by atoms with Gasteiger partial charge in [0.05, 0.1) is 139 Å². The number of aliphatic hydroxyl groups is 1. The number of aromatic nitrogens is 2. The molecule has 4 aromatic rings. The number of anilines is 1. The Balaban J connectivity index is 0.833. The molecule has 1 saturated heterocycles. The van der Waals surface area contributed by atoms with Crippen LogP contribution >= 0.6 is 11.8 Å². The minimum Gasteiger partial charge on any atom is -0.480 e. The van der Waals surface area contributed by atoms with Gasteiger partial charge in [-0.05, 0) is 91.8 Å². The zero-order valence-electron chi connectivity index (χ0n) is 63.4. The van der Waals surface area contributed by atoms with E-state index < -0.39 is 130 Å². The van der Waals surface area contributed by atoms with Crippen LogP contribution in [0.1, 0.15) is 111 Å². The Morgan fingerprint density at radius 1 is 0.759 bits per heavy atom. The number of aryl methyl sites for hydroxylation is 1. The van der Waals surface area contributed by atoms with E-state index in [1.54, 1.807) is 53.0 Å². The van der Waals surface area contributed by atoms with Crippen molar-refractivity contribution in [1.82, 2.24) is 46.4 Å². The molecular weight excluding hydrogens is 1490 g/mol. The number of hydrogen-bond donors (Lipinski definition) is 11. The van der Waals surface area contributed by atoms with Crippen molar-refractivity contribution in [1.29, 1.82) is 0 Å². The highest BCUT2D eigenvalue weighted by molar-refractivity contribution is 8.00. The van der Waals surface area contributed by atoms with E-state index >= 15 is 4.39 Å². The Hall–Kier alpha value is -9.35. The van der Waals surface area contributed by atoms with E-state index in [0.717, 1.165) is 11.8 Å². The summed E-state index contributed by atoms with van der Waals surface area (Å²) < 4.78 is 71.2. The number of benzene rings is 2. The molecule has 1 fully saturated rings. The molecule has 4 aliphatic rings. The van der Waals surface area contributed by atoms with Gasteiger partial charge in [-0.15, -0.1) is 11.8 Å². The number of halogens is 1. The van der Waals surface area contributed by atoms with Crippen LogP contribution in [0, 0.1) is 18.7 Å². The fourth-order valence-electron chi connectivity index (χ4n) is 12.8. The lowest BCUT2D eigenvalue weighted by atomic mass is 9.81. The van der Waals surface area contributed by atoms with Gasteiger partial charge in [0.1, 0.15) is 49.7 Å². The number of esters is 1. The number of nitrogens with zero attached hydrogens (tertiary/aromatic N) is 3. The molecule has 13 N–H and O–H groups in total. The third-order valence-electron chi connectivity index (χ3n) is 19.0. The lowest BCUT2D eigenvalue weighted by Gasteiger charge is -2.31. The van der Waals surface area contributed by atoms with Crippen LogP contribution < -0.4 is 54.2 Å². The molecule has 3 aliphatic heterocycles. The summed E-state index contributed by atoms with van der Waals surface area (Å²) in [5.41, 5.74) is 12.5. The Bertz CT molecular complexity index is 4060. The molecule has 0 radical (unpaired) electrons. The number of cyclic esters (lactones) is 1. The standard InChI is InChI=1S/C74H101FN12O24S/c1-6-74(101)49-34-56-64-47(37-86(56)68(94)48(49)40-110-71(74)98)62-52(14-13-46-43(4)50(75)35-55(82-64)61(46)62)84-73(100)111-39-44-9-11-45(12-10-44)80-65(91)53(8-7-17-79-72(77)99)83-67(93)63(42(2)3)85-66(92)54(81-59(89)38-87-60(90)36-57(69(87)95)112-41-51(76)70(96)97)15-18-78-58(88)16-19-103-22-23-105-26-27-107-30-31-109-33-32-108-29-28-106-25-24-104-21-20-102-5/h9-12,34-35,42,51-54,57,63,101H,6-8,13-33,36-41,76H2,1-5H3,(H,78,88)(H,80,91)(H,81,89)(H,83,93)(H,84,100)(H,85,92)(H,96,97)(H3,77,79,99)/t51-,52-,53-,54-,57?,63-,74-/m0/s1. The second kappa shape index (κ2) is 43.6. The maximum absolute atomic E-state index is 15.6. The molecule has 2 aromatic carbocycles. The third-order valence-corrected chi connectivity index (χ3v) is 20.3. The Morgan fingerprint density at radius 2 is 1.38 bits per heavy atom. The summed E-state index contributed by atoms with van der Waals surface area (Å²) in [5.74, 6) is -9.08. The summed E-state index contributed by atoms with van der Waals surface area (Å²) in [5, 5.41) is 38.9. The summed E-state index contributed by atoms with van der Waals surface area (Å²) in [6.45, 7) is 10.1. The summed E-state index contributed by atoms with van der Waals surface area (Å²) >= 11 is 0.839. The molecule has 7 atom stereocenters. The first-order chi connectivity index (χ1) is 53.7. The van der Waals surface area contributed by atoms with Gasteiger partial charge in [0.2, 0.25) is 41.4 Å². The number of likely N-dealkylation sites (tertiary alicyclic amines) is 1. The van der Waals surface area contributed by atoms with Crippen molar-refractivity contribution in [2.24, 2.45) is 17.4 Å². The topological polar surface area (TPSA) is 495 Å². The number of ether oxygens (including phenoxy) is 10. The van der Waals surface area contributed by atoms with Crippen molar-refractivity contribution in [3.8, 4) is 11.4 Å². The monoisotopic (exact) mass is 1590 g/mol. The number of thioether (sulfide) groups is 1. The minimum absolute atomic E-state index is 0.000790. The number of nitrogens with one attached hydrogen (secondary N) is 7. The molecule has 0 saturated carbocycles. The second-order valence-electron chi connectivity index (χ2n) is 27.1. The van der Waals surface area contributed by atoms with Crippen LogP contribution in [0.5, 0.6) is 0 Å². The number of rotatable bonds is 49. The number of amides is 10. The summed E-state index contributed by atoms with van der Waals surface area (Å²) in [4.78, 5) is 165. The lowest BCUT2D eigenvalue weighted by Crippen LogP contribution is -2.58. The molecule has 36 nitrogen and oxygen atoms in total. The molecule has 0 bridgehead atoms. The molecule has 10 amide bonds. The van der Waals surface area contributed by atoms with Crippen molar-refractivity contribution in [2.45, 2.75) is 140 Å². The average molecular weight is 1590 g/mol. The highest BCUT2D eigenvalue weighted by Crippen LogP contribution is 2.46. The average Bonchev–Trinajstić information content (AvgIpc) is 1.53. The third kappa shape index (κ3) is 24.6. The number of nitrogens with two attached hydrogens (primary N) is 2. The number of carboxylic acid groups (broad SMARTS) is 1. The maximum Gasteiger partial charge on any atom is 0.407 e. The van der Waals surface area contributed by atoms with E-state index in [9.17, 15) is 67.7 Å². The van der Waals surface area contributed by atoms with Gasteiger partial charge in [-0.25, -0.2) is 23.8 Å². The van der Waals surface area contributed by atoms with Crippen molar-refractivity contribution in [3.05, 3.63) is 91.5 Å². The SMILES string of the molecule is CC[C@@]1(O)C(=O)OCc2c1cc1n(c2=O)Cc2c-1nc1cc(F)c(C)c3c1c2[C@@H](NC(=O)OCc1ccc(NC(=O)[C@H](CCCNC(N)=O)NC(=O)[C@@H](NC(=O)[C@H](CCNC(=O)CCOCCOCCOCCOCCOCCOCCOCCOC)NC(=O)CN2C(=O)CC(SC[C@H](N)C(=O)O)C2=O)C(C)C)cc1)CC3. The van der Waals surface area contributed by atoms with Gasteiger partial charge >= 0.3 is 24.1 Å². The molecule has 1 unspecified atom stereocenters.